The van der Waals surface area contributed by atoms with Gasteiger partial charge in [-0.25, -0.2) is 9.37 Å². The molecular formula is C23H20ClFN4O2. The zero-order chi connectivity index (χ0) is 21.7. The van der Waals surface area contributed by atoms with Crippen molar-refractivity contribution in [3.8, 4) is 0 Å². The molecule has 0 saturated carbocycles. The first-order valence-corrected chi connectivity index (χ1v) is 10.3. The molecule has 5 rings (SSSR count). The number of aliphatic hydroxyl groups excluding tert-OH is 2. The van der Waals surface area contributed by atoms with Gasteiger partial charge < -0.3 is 20.5 Å². The normalized spacial score (nSPS) is 21.2. The van der Waals surface area contributed by atoms with Crippen LogP contribution in [0.4, 0.5) is 10.2 Å². The largest absolute Gasteiger partial charge is 0.388 e. The molecule has 1 aliphatic rings. The predicted octanol–water partition coefficient (Wildman–Crippen LogP) is 3.79. The first-order valence-electron chi connectivity index (χ1n) is 9.94. The van der Waals surface area contributed by atoms with Crippen LogP contribution in [-0.2, 0) is 6.42 Å². The molecular weight excluding hydrogens is 419 g/mol. The van der Waals surface area contributed by atoms with E-state index in [0.717, 1.165) is 22.0 Å². The lowest BCUT2D eigenvalue weighted by molar-refractivity contribution is 0.0318. The van der Waals surface area contributed by atoms with Gasteiger partial charge in [-0.3, -0.25) is 4.98 Å². The van der Waals surface area contributed by atoms with Crippen LogP contribution < -0.4 is 5.73 Å². The summed E-state index contributed by atoms with van der Waals surface area (Å²) in [5.74, 6) is -0.270. The first kappa shape index (κ1) is 19.9. The van der Waals surface area contributed by atoms with E-state index in [4.69, 9.17) is 17.3 Å². The van der Waals surface area contributed by atoms with Gasteiger partial charge in [0.1, 0.15) is 23.8 Å². The summed E-state index contributed by atoms with van der Waals surface area (Å²) in [5.41, 5.74) is 8.56. The highest BCUT2D eigenvalue weighted by Crippen LogP contribution is 2.35. The van der Waals surface area contributed by atoms with Gasteiger partial charge >= 0.3 is 0 Å². The Bertz CT molecular complexity index is 1340. The van der Waals surface area contributed by atoms with Crippen LogP contribution in [0.2, 0.25) is 5.02 Å². The Morgan fingerprint density at radius 1 is 1.16 bits per heavy atom. The lowest BCUT2D eigenvalue weighted by atomic mass is 10.0. The van der Waals surface area contributed by atoms with Crippen molar-refractivity contribution >= 4 is 39.2 Å². The number of aromatic nitrogens is 3. The first-order chi connectivity index (χ1) is 14.9. The van der Waals surface area contributed by atoms with E-state index >= 15 is 0 Å². The average Bonchev–Trinajstić information content (AvgIpc) is 3.29. The van der Waals surface area contributed by atoms with E-state index in [1.165, 1.54) is 12.1 Å². The van der Waals surface area contributed by atoms with Crippen LogP contribution in [0.3, 0.4) is 0 Å². The maximum atomic E-state index is 14.5. The minimum absolute atomic E-state index is 0.153. The molecule has 0 unspecified atom stereocenters. The smallest absolute Gasteiger partial charge is 0.142 e. The molecule has 3 aromatic heterocycles. The molecule has 31 heavy (non-hydrogen) atoms. The Balaban J connectivity index is 1.41. The topological polar surface area (TPSA) is 97.2 Å². The van der Waals surface area contributed by atoms with Crippen molar-refractivity contribution in [2.24, 2.45) is 0 Å². The molecule has 158 valence electrons. The second kappa shape index (κ2) is 7.60. The molecule has 3 atom stereocenters. The van der Waals surface area contributed by atoms with Crippen molar-refractivity contribution in [2.45, 2.75) is 31.1 Å². The Morgan fingerprint density at radius 3 is 2.84 bits per heavy atom. The third-order valence-electron chi connectivity index (χ3n) is 5.91. The number of nitrogen functional groups attached to an aromatic ring is 1. The molecule has 0 amide bonds. The maximum absolute atomic E-state index is 14.5. The van der Waals surface area contributed by atoms with Gasteiger partial charge in [0.05, 0.1) is 22.1 Å². The Labute approximate surface area is 182 Å². The van der Waals surface area contributed by atoms with E-state index in [-0.39, 0.29) is 16.9 Å². The summed E-state index contributed by atoms with van der Waals surface area (Å²) in [4.78, 5) is 8.28. The summed E-state index contributed by atoms with van der Waals surface area (Å²) >= 11 is 5.95. The number of rotatable bonds is 4. The summed E-state index contributed by atoms with van der Waals surface area (Å²) in [7, 11) is 0. The number of benzene rings is 1. The van der Waals surface area contributed by atoms with E-state index < -0.39 is 18.0 Å². The lowest BCUT2D eigenvalue weighted by Crippen LogP contribution is -2.29. The highest BCUT2D eigenvalue weighted by Gasteiger charge is 2.35. The van der Waals surface area contributed by atoms with Crippen LogP contribution in [-0.4, -0.2) is 37.0 Å². The van der Waals surface area contributed by atoms with Crippen molar-refractivity contribution in [3.05, 3.63) is 77.0 Å². The third kappa shape index (κ3) is 3.44. The predicted molar refractivity (Wildman–Crippen MR) is 118 cm³/mol. The summed E-state index contributed by atoms with van der Waals surface area (Å²) < 4.78 is 16.5. The van der Waals surface area contributed by atoms with Gasteiger partial charge in [-0.1, -0.05) is 17.7 Å². The molecule has 0 spiro atoms. The minimum Gasteiger partial charge on any atom is -0.388 e. The van der Waals surface area contributed by atoms with Gasteiger partial charge in [-0.05, 0) is 54.3 Å². The van der Waals surface area contributed by atoms with Crippen LogP contribution in [0.5, 0.6) is 0 Å². The zero-order valence-electron chi connectivity index (χ0n) is 16.4. The van der Waals surface area contributed by atoms with E-state index in [1.54, 1.807) is 18.5 Å². The molecule has 6 nitrogen and oxygen atoms in total. The summed E-state index contributed by atoms with van der Waals surface area (Å²) in [6, 6.07) is 8.10. The van der Waals surface area contributed by atoms with Crippen molar-refractivity contribution in [3.63, 3.8) is 0 Å². The number of pyridine rings is 2. The number of hydrogen-bond acceptors (Lipinski definition) is 5. The fourth-order valence-electron chi connectivity index (χ4n) is 4.27. The van der Waals surface area contributed by atoms with Gasteiger partial charge in [0.15, 0.2) is 0 Å². The van der Waals surface area contributed by atoms with Crippen LogP contribution in [0.15, 0.2) is 60.6 Å². The minimum atomic E-state index is -0.984. The van der Waals surface area contributed by atoms with Gasteiger partial charge in [0.25, 0.3) is 0 Å². The van der Waals surface area contributed by atoms with E-state index in [2.05, 4.69) is 9.97 Å². The highest BCUT2D eigenvalue weighted by molar-refractivity contribution is 6.33. The Morgan fingerprint density at radius 2 is 2.00 bits per heavy atom. The van der Waals surface area contributed by atoms with Gasteiger partial charge in [0, 0.05) is 29.4 Å². The number of fused-ring (bicyclic) bond motifs is 2. The monoisotopic (exact) mass is 438 g/mol. The molecule has 1 aliphatic carbocycles. The van der Waals surface area contributed by atoms with E-state index in [0.29, 0.717) is 23.7 Å². The summed E-state index contributed by atoms with van der Waals surface area (Å²) in [6.07, 6.45) is 6.24. The number of aliphatic hydroxyl groups is 2. The van der Waals surface area contributed by atoms with Crippen LogP contribution >= 0.6 is 11.6 Å². The molecule has 0 fully saturated rings. The molecule has 3 heterocycles. The molecule has 4 N–H and O–H groups in total. The third-order valence-corrected chi connectivity index (χ3v) is 6.21. The van der Waals surface area contributed by atoms with Crippen LogP contribution in [0.25, 0.3) is 21.8 Å². The maximum Gasteiger partial charge on any atom is 0.142 e. The van der Waals surface area contributed by atoms with Gasteiger partial charge in [-0.2, -0.15) is 0 Å². The molecule has 0 saturated heterocycles. The molecule has 8 heteroatoms. The molecule has 1 aromatic carbocycles. The summed E-state index contributed by atoms with van der Waals surface area (Å²) in [6.45, 7) is 0. The lowest BCUT2D eigenvalue weighted by Gasteiger charge is -2.20. The quantitative estimate of drug-likeness (QED) is 0.421. The number of nitrogens with zero attached hydrogens (tertiary/aromatic N) is 3. The average molecular weight is 439 g/mol. The molecule has 0 radical (unpaired) electrons. The zero-order valence-corrected chi connectivity index (χ0v) is 17.2. The fraction of sp³-hybridized carbons (Fsp3) is 0.217. The van der Waals surface area contributed by atoms with Crippen molar-refractivity contribution in [1.82, 2.24) is 14.5 Å². The second-order valence-corrected chi connectivity index (χ2v) is 8.23. The van der Waals surface area contributed by atoms with Crippen molar-refractivity contribution in [2.75, 3.05) is 5.73 Å². The number of anilines is 1. The number of hydrogen-bond donors (Lipinski definition) is 3. The van der Waals surface area contributed by atoms with Gasteiger partial charge in [-0.15, -0.1) is 0 Å². The Hall–Kier alpha value is -3.00. The van der Waals surface area contributed by atoms with Gasteiger partial charge in [0.2, 0.25) is 0 Å². The fourth-order valence-corrected chi connectivity index (χ4v) is 4.42. The SMILES string of the molecule is Nc1nc2cc(CCC3=C[C@@H](n4ccc5cnccc54)[C@H](O)[C@@H]3O)cc(F)c2cc1Cl. The van der Waals surface area contributed by atoms with Crippen LogP contribution in [0.1, 0.15) is 18.0 Å². The molecule has 4 aromatic rings. The molecule has 0 bridgehead atoms. The Kier molecular flexibility index (Phi) is 4.89. The van der Waals surface area contributed by atoms with Crippen molar-refractivity contribution in [1.29, 1.82) is 0 Å². The van der Waals surface area contributed by atoms with E-state index in [9.17, 15) is 14.6 Å². The summed E-state index contributed by atoms with van der Waals surface area (Å²) in [5, 5.41) is 22.8. The number of nitrogens with two attached hydrogens (primary N) is 1. The number of aryl methyl sites for hydroxylation is 1. The van der Waals surface area contributed by atoms with Crippen molar-refractivity contribution < 1.29 is 14.6 Å². The second-order valence-electron chi connectivity index (χ2n) is 7.82. The number of halogens is 2. The van der Waals surface area contributed by atoms with Crippen LogP contribution in [0, 0.1) is 5.82 Å². The molecule has 0 aliphatic heterocycles. The van der Waals surface area contributed by atoms with E-state index in [1.807, 2.05) is 29.0 Å². The standard InChI is InChI=1S/C23H20ClFN4O2/c24-16-10-15-17(25)7-12(8-18(15)28-23(16)26)1-2-13-9-20(22(31)21(13)30)29-6-4-14-11-27-5-3-19(14)29/h3-11,20-22,30-31H,1-2H2,(H2,26,28)/t20-,21-,22+/m1/s1. The highest BCUT2D eigenvalue weighted by atomic mass is 35.5.